The van der Waals surface area contributed by atoms with Crippen LogP contribution in [0.25, 0.3) is 0 Å². The highest BCUT2D eigenvalue weighted by Crippen LogP contribution is 2.18. The number of amides is 2. The van der Waals surface area contributed by atoms with E-state index in [0.29, 0.717) is 16.9 Å². The van der Waals surface area contributed by atoms with Gasteiger partial charge in [-0.1, -0.05) is 6.07 Å². The van der Waals surface area contributed by atoms with E-state index in [1.54, 1.807) is 32.2 Å². The molecule has 30 heavy (non-hydrogen) atoms. The molecule has 156 valence electrons. The quantitative estimate of drug-likeness (QED) is 0.566. The van der Waals surface area contributed by atoms with Crippen molar-refractivity contribution in [3.05, 3.63) is 69.2 Å². The molecule has 0 aliphatic rings. The molecule has 0 saturated heterocycles. The highest BCUT2D eigenvalue weighted by Gasteiger charge is 2.15. The van der Waals surface area contributed by atoms with E-state index in [4.69, 9.17) is 4.74 Å². The Balaban J connectivity index is 1.76. The largest absolute Gasteiger partial charge is 0.465 e. The number of thiophene rings is 1. The average molecular weight is 426 g/mol. The Labute approximate surface area is 177 Å². The lowest BCUT2D eigenvalue weighted by atomic mass is 10.1. The number of hydrogen-bond acceptors (Lipinski definition) is 6. The van der Waals surface area contributed by atoms with Crippen LogP contribution in [0.4, 0.5) is 5.69 Å². The van der Waals surface area contributed by atoms with Gasteiger partial charge in [-0.25, -0.2) is 4.79 Å². The molecule has 3 rings (SSSR count). The topological polar surface area (TPSA) is 102 Å². The van der Waals surface area contributed by atoms with E-state index in [-0.39, 0.29) is 30.3 Å². The number of nitrogens with zero attached hydrogens (tertiary/aromatic N) is 2. The molecule has 0 bridgehead atoms. The second-order valence-electron chi connectivity index (χ2n) is 6.69. The average Bonchev–Trinajstić information content (AvgIpc) is 3.34. The predicted octanol–water partition coefficient (Wildman–Crippen LogP) is 2.69. The second kappa shape index (κ2) is 9.36. The van der Waals surface area contributed by atoms with E-state index >= 15 is 0 Å². The SMILES string of the molecule is COC(=O)c1cc(CNC(=O)Cc2cccs2)cc(NC(=O)c2cc(C)nn2C)c1. The van der Waals surface area contributed by atoms with Crippen molar-refractivity contribution in [2.24, 2.45) is 7.05 Å². The number of esters is 1. The summed E-state index contributed by atoms with van der Waals surface area (Å²) in [5.41, 5.74) is 2.47. The van der Waals surface area contributed by atoms with Gasteiger partial charge in [0.15, 0.2) is 0 Å². The first kappa shape index (κ1) is 21.3. The van der Waals surface area contributed by atoms with Crippen LogP contribution in [0.2, 0.25) is 0 Å². The number of hydrogen-bond donors (Lipinski definition) is 2. The van der Waals surface area contributed by atoms with Crippen LogP contribution in [-0.2, 0) is 29.5 Å². The summed E-state index contributed by atoms with van der Waals surface area (Å²) in [5.74, 6) is -1.02. The van der Waals surface area contributed by atoms with Crippen molar-refractivity contribution in [3.63, 3.8) is 0 Å². The van der Waals surface area contributed by atoms with Crippen LogP contribution in [0.5, 0.6) is 0 Å². The minimum atomic E-state index is -0.534. The van der Waals surface area contributed by atoms with Crippen molar-refractivity contribution in [1.29, 1.82) is 0 Å². The minimum absolute atomic E-state index is 0.128. The predicted molar refractivity (Wildman–Crippen MR) is 114 cm³/mol. The Kier molecular flexibility index (Phi) is 6.63. The van der Waals surface area contributed by atoms with E-state index in [0.717, 1.165) is 10.6 Å². The zero-order chi connectivity index (χ0) is 21.7. The van der Waals surface area contributed by atoms with Crippen molar-refractivity contribution < 1.29 is 19.1 Å². The number of aromatic nitrogens is 2. The van der Waals surface area contributed by atoms with E-state index in [1.807, 2.05) is 17.5 Å². The molecule has 0 fully saturated rings. The first-order valence-electron chi connectivity index (χ1n) is 9.19. The van der Waals surface area contributed by atoms with Gasteiger partial charge in [-0.05, 0) is 48.2 Å². The summed E-state index contributed by atoms with van der Waals surface area (Å²) in [5, 5.41) is 11.7. The molecule has 0 saturated carbocycles. The summed E-state index contributed by atoms with van der Waals surface area (Å²) in [4.78, 5) is 37.8. The summed E-state index contributed by atoms with van der Waals surface area (Å²) in [6, 6.07) is 10.3. The monoisotopic (exact) mass is 426 g/mol. The molecule has 2 N–H and O–H groups in total. The summed E-state index contributed by atoms with van der Waals surface area (Å²) in [6.07, 6.45) is 0.289. The number of rotatable bonds is 7. The molecule has 8 nitrogen and oxygen atoms in total. The van der Waals surface area contributed by atoms with Crippen LogP contribution >= 0.6 is 11.3 Å². The molecule has 0 unspecified atom stereocenters. The Bertz CT molecular complexity index is 1070. The lowest BCUT2D eigenvalue weighted by molar-refractivity contribution is -0.120. The third-order valence-corrected chi connectivity index (χ3v) is 5.19. The highest BCUT2D eigenvalue weighted by molar-refractivity contribution is 7.10. The number of benzene rings is 1. The maximum atomic E-state index is 12.6. The first-order chi connectivity index (χ1) is 14.4. The molecule has 0 atom stereocenters. The van der Waals surface area contributed by atoms with Crippen LogP contribution in [-0.4, -0.2) is 34.7 Å². The van der Waals surface area contributed by atoms with E-state index < -0.39 is 5.97 Å². The molecule has 2 amide bonds. The van der Waals surface area contributed by atoms with Crippen LogP contribution in [0.15, 0.2) is 41.8 Å². The molecule has 0 aliphatic carbocycles. The Morgan fingerprint density at radius 2 is 2.00 bits per heavy atom. The molecule has 0 radical (unpaired) electrons. The Morgan fingerprint density at radius 1 is 1.20 bits per heavy atom. The summed E-state index contributed by atoms with van der Waals surface area (Å²) < 4.78 is 6.29. The lowest BCUT2D eigenvalue weighted by Gasteiger charge is -2.11. The van der Waals surface area contributed by atoms with Crippen LogP contribution in [0, 0.1) is 6.92 Å². The number of carbonyl (C=O) groups excluding carboxylic acids is 3. The fourth-order valence-corrected chi connectivity index (χ4v) is 3.66. The third-order valence-electron chi connectivity index (χ3n) is 4.31. The summed E-state index contributed by atoms with van der Waals surface area (Å²) in [7, 11) is 2.97. The molecule has 2 heterocycles. The molecule has 9 heteroatoms. The van der Waals surface area contributed by atoms with Gasteiger partial charge in [0.1, 0.15) is 5.69 Å². The van der Waals surface area contributed by atoms with E-state index in [1.165, 1.54) is 29.2 Å². The van der Waals surface area contributed by atoms with Gasteiger partial charge in [0.2, 0.25) is 5.91 Å². The van der Waals surface area contributed by atoms with Crippen LogP contribution in [0.1, 0.15) is 37.0 Å². The number of anilines is 1. The molecule has 2 aromatic heterocycles. The van der Waals surface area contributed by atoms with Gasteiger partial charge in [-0.3, -0.25) is 14.3 Å². The molecule has 1 aromatic carbocycles. The Morgan fingerprint density at radius 3 is 2.63 bits per heavy atom. The van der Waals surface area contributed by atoms with Gasteiger partial charge < -0.3 is 15.4 Å². The zero-order valence-corrected chi connectivity index (χ0v) is 17.7. The fraction of sp³-hybridized carbons (Fsp3) is 0.238. The van der Waals surface area contributed by atoms with Crippen LogP contribution in [0.3, 0.4) is 0 Å². The fourth-order valence-electron chi connectivity index (χ4n) is 2.95. The standard InChI is InChI=1S/C21H22N4O4S/c1-13-7-18(25(2)24-13)20(27)23-16-9-14(8-15(10-16)21(28)29-3)12-22-19(26)11-17-5-4-6-30-17/h4-10H,11-12H2,1-3H3,(H,22,26)(H,23,27). The van der Waals surface area contributed by atoms with Gasteiger partial charge in [0, 0.05) is 24.2 Å². The second-order valence-corrected chi connectivity index (χ2v) is 7.72. The van der Waals surface area contributed by atoms with Gasteiger partial charge >= 0.3 is 5.97 Å². The van der Waals surface area contributed by atoms with Gasteiger partial charge in [0.25, 0.3) is 5.91 Å². The van der Waals surface area contributed by atoms with Crippen molar-refractivity contribution in [1.82, 2.24) is 15.1 Å². The normalized spacial score (nSPS) is 10.5. The molecule has 0 spiro atoms. The molecular formula is C21H22N4O4S. The maximum Gasteiger partial charge on any atom is 0.337 e. The van der Waals surface area contributed by atoms with Crippen LogP contribution < -0.4 is 10.6 Å². The van der Waals surface area contributed by atoms with Gasteiger partial charge in [-0.15, -0.1) is 11.3 Å². The molecule has 0 aliphatic heterocycles. The van der Waals surface area contributed by atoms with Crippen molar-refractivity contribution in [2.45, 2.75) is 19.9 Å². The van der Waals surface area contributed by atoms with E-state index in [9.17, 15) is 14.4 Å². The Hall–Kier alpha value is -3.46. The number of aryl methyl sites for hydroxylation is 2. The smallest absolute Gasteiger partial charge is 0.337 e. The zero-order valence-electron chi connectivity index (χ0n) is 16.9. The number of nitrogens with one attached hydrogen (secondary N) is 2. The maximum absolute atomic E-state index is 12.6. The van der Waals surface area contributed by atoms with Gasteiger partial charge in [-0.2, -0.15) is 5.10 Å². The van der Waals surface area contributed by atoms with Gasteiger partial charge in [0.05, 0.1) is 24.8 Å². The number of methoxy groups -OCH3 is 1. The van der Waals surface area contributed by atoms with Crippen molar-refractivity contribution >= 4 is 34.8 Å². The number of ether oxygens (including phenoxy) is 1. The van der Waals surface area contributed by atoms with Crippen molar-refractivity contribution in [3.8, 4) is 0 Å². The summed E-state index contributed by atoms with van der Waals surface area (Å²) >= 11 is 1.52. The number of carbonyl (C=O) groups is 3. The molecular weight excluding hydrogens is 404 g/mol. The minimum Gasteiger partial charge on any atom is -0.465 e. The molecule has 3 aromatic rings. The highest BCUT2D eigenvalue weighted by atomic mass is 32.1. The lowest BCUT2D eigenvalue weighted by Crippen LogP contribution is -2.24. The van der Waals surface area contributed by atoms with Crippen molar-refractivity contribution in [2.75, 3.05) is 12.4 Å². The van der Waals surface area contributed by atoms with E-state index in [2.05, 4.69) is 15.7 Å². The first-order valence-corrected chi connectivity index (χ1v) is 10.1. The third kappa shape index (κ3) is 5.32. The summed E-state index contributed by atoms with van der Waals surface area (Å²) in [6.45, 7) is 2.01.